The molecule has 2 N–H and O–H groups in total. The lowest BCUT2D eigenvalue weighted by Gasteiger charge is -1.99. The Morgan fingerprint density at radius 2 is 2.11 bits per heavy atom. The van der Waals surface area contributed by atoms with Gasteiger partial charge in [-0.2, -0.15) is 10.2 Å². The van der Waals surface area contributed by atoms with Crippen molar-refractivity contribution in [1.29, 1.82) is 0 Å². The quantitative estimate of drug-likeness (QED) is 0.666. The van der Waals surface area contributed by atoms with Crippen LogP contribution in [0.5, 0.6) is 0 Å². The van der Waals surface area contributed by atoms with E-state index in [1.807, 2.05) is 6.92 Å². The highest BCUT2D eigenvalue weighted by molar-refractivity contribution is 5.74. The van der Waals surface area contributed by atoms with E-state index < -0.39 is 11.2 Å². The molecule has 96 valence electrons. The number of rotatable bonds is 2. The first-order chi connectivity index (χ1) is 9.20. The molecule has 0 aliphatic heterocycles. The number of aryl methyl sites for hydroxylation is 1. The van der Waals surface area contributed by atoms with E-state index in [9.17, 15) is 9.59 Å². The largest absolute Gasteiger partial charge is 0.332 e. The fourth-order valence-corrected chi connectivity index (χ4v) is 1.90. The summed E-state index contributed by atoms with van der Waals surface area (Å²) in [4.78, 5) is 32.9. The van der Waals surface area contributed by atoms with Gasteiger partial charge in [0.2, 0.25) is 0 Å². The molecular weight excluding hydrogens is 248 g/mol. The molecule has 0 saturated carbocycles. The predicted molar refractivity (Wildman–Crippen MR) is 67.7 cm³/mol. The summed E-state index contributed by atoms with van der Waals surface area (Å²) in [6.45, 7) is 2.23. The van der Waals surface area contributed by atoms with Gasteiger partial charge in [0.25, 0.3) is 5.56 Å². The van der Waals surface area contributed by atoms with E-state index in [1.165, 1.54) is 17.0 Å². The molecule has 0 aliphatic carbocycles. The Hall–Kier alpha value is -2.77. The standard InChI is InChI=1S/C11H10N6O2/c1-2-17-9-7(10(18)16-11(17)19)14-8(15-9)6-3-4-12-13-5-6/h3-5H,2H2,1H3,(H,14,15)(H,16,18,19). The second-order valence-corrected chi connectivity index (χ2v) is 3.92. The Morgan fingerprint density at radius 3 is 2.79 bits per heavy atom. The smallest absolute Gasteiger partial charge is 0.330 e. The normalized spacial score (nSPS) is 11.0. The first-order valence-electron chi connectivity index (χ1n) is 5.70. The molecule has 0 atom stereocenters. The van der Waals surface area contributed by atoms with Gasteiger partial charge in [0, 0.05) is 12.1 Å². The zero-order valence-corrected chi connectivity index (χ0v) is 10.0. The number of aromatic amines is 2. The number of nitrogens with one attached hydrogen (secondary N) is 2. The van der Waals surface area contributed by atoms with E-state index in [0.717, 1.165) is 0 Å². The fraction of sp³-hybridized carbons (Fsp3) is 0.182. The van der Waals surface area contributed by atoms with Gasteiger partial charge in [-0.1, -0.05) is 0 Å². The summed E-state index contributed by atoms with van der Waals surface area (Å²) in [7, 11) is 0. The van der Waals surface area contributed by atoms with Crippen molar-refractivity contribution in [1.82, 2.24) is 29.7 Å². The van der Waals surface area contributed by atoms with Gasteiger partial charge in [0.15, 0.2) is 5.65 Å². The molecule has 0 unspecified atom stereocenters. The summed E-state index contributed by atoms with van der Waals surface area (Å²) in [5.41, 5.74) is 0.355. The van der Waals surface area contributed by atoms with Gasteiger partial charge in [-0.3, -0.25) is 14.3 Å². The third-order valence-corrected chi connectivity index (χ3v) is 2.81. The second kappa shape index (κ2) is 4.16. The van der Waals surface area contributed by atoms with E-state index in [1.54, 1.807) is 6.07 Å². The van der Waals surface area contributed by atoms with Crippen molar-refractivity contribution in [3.63, 3.8) is 0 Å². The van der Waals surface area contributed by atoms with Crippen molar-refractivity contribution < 1.29 is 0 Å². The first-order valence-corrected chi connectivity index (χ1v) is 5.70. The molecule has 3 heterocycles. The summed E-state index contributed by atoms with van der Waals surface area (Å²) in [6, 6.07) is 1.72. The summed E-state index contributed by atoms with van der Waals surface area (Å²) in [6.07, 6.45) is 3.06. The maximum atomic E-state index is 11.7. The molecule has 8 nitrogen and oxygen atoms in total. The van der Waals surface area contributed by atoms with Crippen LogP contribution >= 0.6 is 0 Å². The zero-order valence-electron chi connectivity index (χ0n) is 10.0. The molecule has 3 aromatic rings. The van der Waals surface area contributed by atoms with Crippen LogP contribution in [0.3, 0.4) is 0 Å². The SMILES string of the molecule is CCn1c(=O)[nH]c(=O)c2[nH]c(-c3ccnnc3)nc21. The van der Waals surface area contributed by atoms with Gasteiger partial charge >= 0.3 is 5.69 Å². The fourth-order valence-electron chi connectivity index (χ4n) is 1.90. The number of imidazole rings is 1. The van der Waals surface area contributed by atoms with Gasteiger partial charge in [-0.05, 0) is 13.0 Å². The van der Waals surface area contributed by atoms with Crippen LogP contribution in [-0.4, -0.2) is 29.7 Å². The third kappa shape index (κ3) is 1.73. The van der Waals surface area contributed by atoms with E-state index in [0.29, 0.717) is 23.6 Å². The maximum Gasteiger partial charge on any atom is 0.330 e. The number of aromatic nitrogens is 6. The van der Waals surface area contributed by atoms with Crippen molar-refractivity contribution in [2.75, 3.05) is 0 Å². The molecule has 19 heavy (non-hydrogen) atoms. The Kier molecular flexibility index (Phi) is 2.48. The van der Waals surface area contributed by atoms with Crippen molar-refractivity contribution in [2.45, 2.75) is 13.5 Å². The van der Waals surface area contributed by atoms with E-state index in [-0.39, 0.29) is 5.52 Å². The maximum absolute atomic E-state index is 11.7. The lowest BCUT2D eigenvalue weighted by atomic mass is 10.3. The molecule has 0 aliphatic rings. The summed E-state index contributed by atoms with van der Waals surface area (Å²) in [5.74, 6) is 0.475. The van der Waals surface area contributed by atoms with Crippen molar-refractivity contribution in [3.8, 4) is 11.4 Å². The minimum absolute atomic E-state index is 0.272. The van der Waals surface area contributed by atoms with Crippen LogP contribution in [0.2, 0.25) is 0 Å². The van der Waals surface area contributed by atoms with Crippen LogP contribution in [0.15, 0.2) is 28.0 Å². The number of nitrogens with zero attached hydrogens (tertiary/aromatic N) is 4. The van der Waals surface area contributed by atoms with Crippen LogP contribution < -0.4 is 11.2 Å². The van der Waals surface area contributed by atoms with Gasteiger partial charge in [0.1, 0.15) is 11.3 Å². The van der Waals surface area contributed by atoms with Crippen LogP contribution in [0.4, 0.5) is 0 Å². The van der Waals surface area contributed by atoms with Gasteiger partial charge in [-0.25, -0.2) is 9.78 Å². The van der Waals surface area contributed by atoms with Crippen LogP contribution in [0.1, 0.15) is 6.92 Å². The molecule has 0 amide bonds. The van der Waals surface area contributed by atoms with Crippen molar-refractivity contribution in [2.24, 2.45) is 0 Å². The average Bonchev–Trinajstić information content (AvgIpc) is 2.85. The Balaban J connectivity index is 2.35. The first kappa shape index (κ1) is 11.3. The minimum Gasteiger partial charge on any atom is -0.332 e. The van der Waals surface area contributed by atoms with Crippen LogP contribution in [0.25, 0.3) is 22.6 Å². The molecule has 0 bridgehead atoms. The van der Waals surface area contributed by atoms with Gasteiger partial charge in [-0.15, -0.1) is 0 Å². The molecule has 0 aromatic carbocycles. The highest BCUT2D eigenvalue weighted by Gasteiger charge is 2.12. The molecule has 0 saturated heterocycles. The predicted octanol–water partition coefficient (Wildman–Crippen LogP) is -0.110. The number of H-pyrrole nitrogens is 2. The average molecular weight is 258 g/mol. The molecule has 8 heteroatoms. The molecule has 0 radical (unpaired) electrons. The molecule has 0 spiro atoms. The highest BCUT2D eigenvalue weighted by atomic mass is 16.2. The van der Waals surface area contributed by atoms with Crippen LogP contribution in [0, 0.1) is 0 Å². The zero-order chi connectivity index (χ0) is 13.4. The highest BCUT2D eigenvalue weighted by Crippen LogP contribution is 2.15. The van der Waals surface area contributed by atoms with E-state index in [4.69, 9.17) is 0 Å². The Morgan fingerprint density at radius 1 is 1.26 bits per heavy atom. The molecular formula is C11H10N6O2. The molecule has 3 rings (SSSR count). The van der Waals surface area contributed by atoms with Gasteiger partial charge < -0.3 is 4.98 Å². The van der Waals surface area contributed by atoms with E-state index >= 15 is 0 Å². The lowest BCUT2D eigenvalue weighted by molar-refractivity contribution is 0.720. The third-order valence-electron chi connectivity index (χ3n) is 2.81. The second-order valence-electron chi connectivity index (χ2n) is 3.92. The van der Waals surface area contributed by atoms with Gasteiger partial charge in [0.05, 0.1) is 12.4 Å². The molecule has 3 aromatic heterocycles. The summed E-state index contributed by atoms with van der Waals surface area (Å²) >= 11 is 0. The number of hydrogen-bond donors (Lipinski definition) is 2. The summed E-state index contributed by atoms with van der Waals surface area (Å²) < 4.78 is 1.39. The number of fused-ring (bicyclic) bond motifs is 1. The summed E-state index contributed by atoms with van der Waals surface area (Å²) in [5, 5.41) is 7.42. The monoisotopic (exact) mass is 258 g/mol. The minimum atomic E-state index is -0.481. The van der Waals surface area contributed by atoms with E-state index in [2.05, 4.69) is 25.1 Å². The Bertz CT molecular complexity index is 845. The van der Waals surface area contributed by atoms with Crippen molar-refractivity contribution in [3.05, 3.63) is 39.3 Å². The van der Waals surface area contributed by atoms with Crippen LogP contribution in [-0.2, 0) is 6.54 Å². The number of hydrogen-bond acceptors (Lipinski definition) is 5. The Labute approximate surface area is 106 Å². The molecule has 0 fully saturated rings. The topological polar surface area (TPSA) is 109 Å². The van der Waals surface area contributed by atoms with Crippen molar-refractivity contribution >= 4 is 11.2 Å². The lowest BCUT2D eigenvalue weighted by Crippen LogP contribution is -2.29.